The monoisotopic (exact) mass is 416 g/mol. The lowest BCUT2D eigenvalue weighted by Crippen LogP contribution is -2.21. The maximum atomic E-state index is 12.4. The predicted octanol–water partition coefficient (Wildman–Crippen LogP) is 4.58. The third-order valence-corrected chi connectivity index (χ3v) is 5.19. The van der Waals surface area contributed by atoms with Crippen molar-refractivity contribution in [2.45, 2.75) is 6.92 Å². The lowest BCUT2D eigenvalue weighted by atomic mass is 10.2. The van der Waals surface area contributed by atoms with Crippen molar-refractivity contribution >= 4 is 40.5 Å². The lowest BCUT2D eigenvalue weighted by Gasteiger charge is -2.09. The van der Waals surface area contributed by atoms with E-state index in [1.807, 2.05) is 12.1 Å². The first-order chi connectivity index (χ1) is 13.5. The van der Waals surface area contributed by atoms with E-state index in [-0.39, 0.29) is 0 Å². The van der Waals surface area contributed by atoms with Crippen LogP contribution in [-0.4, -0.2) is 30.6 Å². The van der Waals surface area contributed by atoms with Crippen LogP contribution in [0.3, 0.4) is 0 Å². The van der Waals surface area contributed by atoms with Crippen molar-refractivity contribution in [3.8, 4) is 16.3 Å². The Balaban J connectivity index is 1.64. The average Bonchev–Trinajstić information content (AvgIpc) is 3.08. The van der Waals surface area contributed by atoms with Crippen LogP contribution < -0.4 is 10.1 Å². The van der Waals surface area contributed by atoms with E-state index >= 15 is 0 Å². The number of amides is 1. The van der Waals surface area contributed by atoms with Gasteiger partial charge in [0, 0.05) is 10.6 Å². The molecular formula is C20H17ClN2O4S. The van der Waals surface area contributed by atoms with Crippen molar-refractivity contribution in [3.05, 3.63) is 64.1 Å². The number of nitrogens with zero attached hydrogens (tertiary/aromatic N) is 1. The summed E-state index contributed by atoms with van der Waals surface area (Å²) in [4.78, 5) is 29.2. The van der Waals surface area contributed by atoms with E-state index in [0.717, 1.165) is 5.56 Å². The van der Waals surface area contributed by atoms with Crippen LogP contribution in [0.25, 0.3) is 10.6 Å². The highest BCUT2D eigenvalue weighted by Gasteiger charge is 2.19. The molecule has 1 N–H and O–H groups in total. The summed E-state index contributed by atoms with van der Waals surface area (Å²) in [7, 11) is 1.51. The Morgan fingerprint density at radius 2 is 1.96 bits per heavy atom. The molecule has 3 aromatic rings. The molecule has 2 aromatic carbocycles. The quantitative estimate of drug-likeness (QED) is 0.595. The number of carbonyl (C=O) groups excluding carboxylic acids is 2. The maximum absolute atomic E-state index is 12.4. The zero-order chi connectivity index (χ0) is 20.1. The summed E-state index contributed by atoms with van der Waals surface area (Å²) < 4.78 is 10.3. The van der Waals surface area contributed by atoms with E-state index in [1.165, 1.54) is 18.4 Å². The van der Waals surface area contributed by atoms with Crippen LogP contribution in [0.15, 0.2) is 48.5 Å². The molecule has 1 heterocycles. The van der Waals surface area contributed by atoms with Gasteiger partial charge in [-0.05, 0) is 31.2 Å². The minimum Gasteiger partial charge on any atom is -0.495 e. The smallest absolute Gasteiger partial charge is 0.350 e. The minimum absolute atomic E-state index is 0.347. The Morgan fingerprint density at radius 3 is 2.71 bits per heavy atom. The van der Waals surface area contributed by atoms with Crippen LogP contribution in [-0.2, 0) is 9.53 Å². The van der Waals surface area contributed by atoms with Crippen molar-refractivity contribution in [2.24, 2.45) is 0 Å². The van der Waals surface area contributed by atoms with Crippen molar-refractivity contribution in [1.29, 1.82) is 0 Å². The number of aryl methyl sites for hydroxylation is 1. The van der Waals surface area contributed by atoms with Crippen molar-refractivity contribution in [3.63, 3.8) is 0 Å². The highest BCUT2D eigenvalue weighted by atomic mass is 35.5. The van der Waals surface area contributed by atoms with Gasteiger partial charge in [0.25, 0.3) is 5.91 Å². The molecule has 1 amide bonds. The fourth-order valence-electron chi connectivity index (χ4n) is 2.46. The summed E-state index contributed by atoms with van der Waals surface area (Å²) in [5.74, 6) is -0.542. The number of esters is 1. The molecule has 0 atom stereocenters. The van der Waals surface area contributed by atoms with Gasteiger partial charge < -0.3 is 14.8 Å². The van der Waals surface area contributed by atoms with Gasteiger partial charge in [0.2, 0.25) is 0 Å². The largest absolute Gasteiger partial charge is 0.495 e. The van der Waals surface area contributed by atoms with E-state index in [1.54, 1.807) is 43.3 Å². The Hall–Kier alpha value is -2.90. The fourth-order valence-corrected chi connectivity index (χ4v) is 3.61. The Morgan fingerprint density at radius 1 is 1.18 bits per heavy atom. The highest BCUT2D eigenvalue weighted by molar-refractivity contribution is 7.17. The topological polar surface area (TPSA) is 77.5 Å². The van der Waals surface area contributed by atoms with E-state index in [2.05, 4.69) is 10.3 Å². The van der Waals surface area contributed by atoms with Crippen LogP contribution in [0, 0.1) is 6.92 Å². The van der Waals surface area contributed by atoms with Crippen LogP contribution in [0.2, 0.25) is 5.02 Å². The molecule has 28 heavy (non-hydrogen) atoms. The molecule has 0 aliphatic heterocycles. The van der Waals surface area contributed by atoms with Gasteiger partial charge in [-0.3, -0.25) is 4.79 Å². The molecule has 0 radical (unpaired) electrons. The highest BCUT2D eigenvalue weighted by Crippen LogP contribution is 2.30. The third kappa shape index (κ3) is 4.68. The molecule has 1 aromatic heterocycles. The molecule has 144 valence electrons. The van der Waals surface area contributed by atoms with E-state index in [0.29, 0.717) is 32.0 Å². The molecule has 0 spiro atoms. The van der Waals surface area contributed by atoms with E-state index < -0.39 is 18.5 Å². The number of thiazole rings is 1. The van der Waals surface area contributed by atoms with Crippen LogP contribution in [0.5, 0.6) is 5.75 Å². The van der Waals surface area contributed by atoms with Crippen molar-refractivity contribution < 1.29 is 19.1 Å². The molecule has 3 rings (SSSR count). The molecule has 0 saturated carbocycles. The number of nitrogens with one attached hydrogen (secondary N) is 1. The number of ether oxygens (including phenoxy) is 2. The fraction of sp³-hybridized carbons (Fsp3) is 0.150. The average molecular weight is 417 g/mol. The molecule has 0 saturated heterocycles. The molecule has 0 aliphatic carbocycles. The Labute approximate surface area is 171 Å². The lowest BCUT2D eigenvalue weighted by molar-refractivity contribution is -0.119. The van der Waals surface area contributed by atoms with Crippen molar-refractivity contribution in [1.82, 2.24) is 4.98 Å². The van der Waals surface area contributed by atoms with Gasteiger partial charge in [0.1, 0.15) is 15.6 Å². The first-order valence-electron chi connectivity index (χ1n) is 8.31. The standard InChI is InChI=1S/C20H17ClN2O4S/c1-12-18(28-19(22-12)13-6-5-7-14(21)10-13)20(25)27-11-17(24)23-15-8-3-4-9-16(15)26-2/h3-10H,11H2,1-2H3,(H,23,24). The van der Waals surface area contributed by atoms with Gasteiger partial charge in [-0.2, -0.15) is 0 Å². The molecule has 0 aliphatic rings. The maximum Gasteiger partial charge on any atom is 0.350 e. The second-order valence-corrected chi connectivity index (χ2v) is 7.20. The number of para-hydroxylation sites is 2. The van der Waals surface area contributed by atoms with Gasteiger partial charge in [-0.25, -0.2) is 9.78 Å². The minimum atomic E-state index is -0.599. The summed E-state index contributed by atoms with van der Waals surface area (Å²) in [5.41, 5.74) is 1.85. The van der Waals surface area contributed by atoms with E-state index in [4.69, 9.17) is 21.1 Å². The summed E-state index contributed by atoms with van der Waals surface area (Å²) in [5, 5.41) is 3.90. The Kier molecular flexibility index (Phi) is 6.28. The normalized spacial score (nSPS) is 10.4. The number of carbonyl (C=O) groups is 2. The van der Waals surface area contributed by atoms with Crippen LogP contribution in [0.4, 0.5) is 5.69 Å². The second-order valence-electron chi connectivity index (χ2n) is 5.77. The molecule has 0 unspecified atom stereocenters. The SMILES string of the molecule is COc1ccccc1NC(=O)COC(=O)c1sc(-c2cccc(Cl)c2)nc1C. The summed E-state index contributed by atoms with van der Waals surface area (Å²) in [6.07, 6.45) is 0. The number of rotatable bonds is 6. The molecular weight excluding hydrogens is 400 g/mol. The molecule has 8 heteroatoms. The third-order valence-electron chi connectivity index (χ3n) is 3.77. The van der Waals surface area contributed by atoms with Gasteiger partial charge in [0.05, 0.1) is 18.5 Å². The number of hydrogen-bond acceptors (Lipinski definition) is 6. The van der Waals surface area contributed by atoms with E-state index in [9.17, 15) is 9.59 Å². The Bertz CT molecular complexity index is 1020. The summed E-state index contributed by atoms with van der Waals surface area (Å²) in [6.45, 7) is 1.30. The molecule has 0 bridgehead atoms. The summed E-state index contributed by atoms with van der Waals surface area (Å²) in [6, 6.07) is 14.2. The zero-order valence-electron chi connectivity index (χ0n) is 15.2. The number of halogens is 1. The number of anilines is 1. The van der Waals surface area contributed by atoms with Gasteiger partial charge in [0.15, 0.2) is 6.61 Å². The first kappa shape index (κ1) is 19.9. The molecule has 0 fully saturated rings. The second kappa shape index (κ2) is 8.86. The number of benzene rings is 2. The number of aromatic nitrogens is 1. The number of hydrogen-bond donors (Lipinski definition) is 1. The zero-order valence-corrected chi connectivity index (χ0v) is 16.8. The predicted molar refractivity (Wildman–Crippen MR) is 109 cm³/mol. The van der Waals surface area contributed by atoms with Crippen molar-refractivity contribution in [2.75, 3.05) is 19.0 Å². The summed E-state index contributed by atoms with van der Waals surface area (Å²) >= 11 is 7.20. The van der Waals surface area contributed by atoms with Gasteiger partial charge in [-0.1, -0.05) is 35.9 Å². The first-order valence-corrected chi connectivity index (χ1v) is 9.50. The van der Waals surface area contributed by atoms with Crippen LogP contribution >= 0.6 is 22.9 Å². The van der Waals surface area contributed by atoms with Gasteiger partial charge in [-0.15, -0.1) is 11.3 Å². The van der Waals surface area contributed by atoms with Gasteiger partial charge >= 0.3 is 5.97 Å². The molecule has 6 nitrogen and oxygen atoms in total. The van der Waals surface area contributed by atoms with Crippen LogP contribution in [0.1, 0.15) is 15.4 Å². The number of methoxy groups -OCH3 is 1.